The molecule has 0 saturated carbocycles. The quantitative estimate of drug-likeness (QED) is 0.682. The van der Waals surface area contributed by atoms with Crippen molar-refractivity contribution < 1.29 is 19.1 Å². The monoisotopic (exact) mass is 290 g/mol. The summed E-state index contributed by atoms with van der Waals surface area (Å²) in [7, 11) is 0. The Morgan fingerprint density at radius 3 is 2.57 bits per heavy atom. The molecule has 1 aromatic carbocycles. The first-order valence-electron chi connectivity index (χ1n) is 7.86. The first-order valence-corrected chi connectivity index (χ1v) is 7.86. The summed E-state index contributed by atoms with van der Waals surface area (Å²) in [6, 6.07) is 9.01. The highest BCUT2D eigenvalue weighted by atomic mass is 16.6. The zero-order valence-corrected chi connectivity index (χ0v) is 12.6. The van der Waals surface area contributed by atoms with Gasteiger partial charge in [0.25, 0.3) is 0 Å². The zero-order valence-electron chi connectivity index (χ0n) is 12.6. The van der Waals surface area contributed by atoms with Crippen LogP contribution in [0.5, 0.6) is 0 Å². The maximum atomic E-state index is 12.3. The number of esters is 1. The van der Waals surface area contributed by atoms with Crippen molar-refractivity contribution in [1.29, 1.82) is 0 Å². The van der Waals surface area contributed by atoms with Gasteiger partial charge in [-0.05, 0) is 12.5 Å². The minimum absolute atomic E-state index is 0.0502. The smallest absolute Gasteiger partial charge is 0.343 e. The fraction of sp³-hybridized carbons (Fsp3) is 0.588. The molecule has 114 valence electrons. The average Bonchev–Trinajstić information content (AvgIpc) is 3.10. The van der Waals surface area contributed by atoms with Crippen LogP contribution in [0.25, 0.3) is 0 Å². The Balaban J connectivity index is 1.64. The number of rotatable bonds is 3. The summed E-state index contributed by atoms with van der Waals surface area (Å²) < 4.78 is 6.72. The normalized spacial score (nSPS) is 26.7. The van der Waals surface area contributed by atoms with E-state index in [1.807, 2.05) is 18.2 Å². The van der Waals surface area contributed by atoms with Gasteiger partial charge in [-0.1, -0.05) is 30.3 Å². The maximum absolute atomic E-state index is 12.3. The summed E-state index contributed by atoms with van der Waals surface area (Å²) in [5.41, 5.74) is -0.988. The van der Waals surface area contributed by atoms with E-state index in [1.165, 1.54) is 32.9 Å². The Morgan fingerprint density at radius 2 is 1.90 bits per heavy atom. The average molecular weight is 290 g/mol. The Labute approximate surface area is 125 Å². The molecule has 4 heteroatoms. The molecular formula is C17H24NO3+. The largest absolute Gasteiger partial charge is 0.454 e. The number of ether oxygens (including phenoxy) is 1. The Kier molecular flexibility index (Phi) is 3.76. The van der Waals surface area contributed by atoms with Crippen molar-refractivity contribution in [3.63, 3.8) is 0 Å². The van der Waals surface area contributed by atoms with E-state index >= 15 is 0 Å². The van der Waals surface area contributed by atoms with Gasteiger partial charge in [0.1, 0.15) is 6.54 Å². The first-order chi connectivity index (χ1) is 10.0. The van der Waals surface area contributed by atoms with Crippen LogP contribution < -0.4 is 0 Å². The molecule has 2 aliphatic rings. The number of quaternary nitrogens is 1. The molecule has 2 atom stereocenters. The van der Waals surface area contributed by atoms with Crippen molar-refractivity contribution in [2.45, 2.75) is 37.9 Å². The number of carbonyl (C=O) groups excluding carboxylic acids is 1. The molecule has 2 fully saturated rings. The lowest BCUT2D eigenvalue weighted by molar-refractivity contribution is -0.906. The van der Waals surface area contributed by atoms with E-state index in [9.17, 15) is 9.90 Å². The van der Waals surface area contributed by atoms with Crippen molar-refractivity contribution >= 4 is 5.97 Å². The molecule has 3 rings (SSSR count). The van der Waals surface area contributed by atoms with Crippen molar-refractivity contribution in [3.05, 3.63) is 35.9 Å². The van der Waals surface area contributed by atoms with Crippen LogP contribution in [0, 0.1) is 0 Å². The highest BCUT2D eigenvalue weighted by molar-refractivity contribution is 5.80. The van der Waals surface area contributed by atoms with Gasteiger partial charge in [-0.3, -0.25) is 0 Å². The van der Waals surface area contributed by atoms with Gasteiger partial charge < -0.3 is 14.3 Å². The lowest BCUT2D eigenvalue weighted by atomic mass is 9.96. The van der Waals surface area contributed by atoms with Gasteiger partial charge in [0.05, 0.1) is 19.6 Å². The van der Waals surface area contributed by atoms with E-state index in [0.29, 0.717) is 5.56 Å². The fourth-order valence-electron chi connectivity index (χ4n) is 3.69. The zero-order chi connectivity index (χ0) is 14.9. The van der Waals surface area contributed by atoms with Gasteiger partial charge in [0.15, 0.2) is 11.7 Å². The SMILES string of the molecule is CC(O)(C(=O)OC1CC[N+]2(CCCC2)C1)c1ccccc1. The van der Waals surface area contributed by atoms with E-state index < -0.39 is 11.6 Å². The lowest BCUT2D eigenvalue weighted by Gasteiger charge is -2.29. The molecule has 0 bridgehead atoms. The summed E-state index contributed by atoms with van der Waals surface area (Å²) in [5.74, 6) is -0.530. The van der Waals surface area contributed by atoms with Crippen LogP contribution >= 0.6 is 0 Å². The second-order valence-electron chi connectivity index (χ2n) is 6.66. The minimum Gasteiger partial charge on any atom is -0.454 e. The summed E-state index contributed by atoms with van der Waals surface area (Å²) in [4.78, 5) is 12.3. The van der Waals surface area contributed by atoms with Gasteiger partial charge in [0.2, 0.25) is 0 Å². The van der Waals surface area contributed by atoms with Gasteiger partial charge in [-0.15, -0.1) is 0 Å². The van der Waals surface area contributed by atoms with E-state index in [4.69, 9.17) is 4.74 Å². The number of aliphatic hydroxyl groups is 1. The third-order valence-electron chi connectivity index (χ3n) is 5.04. The Bertz CT molecular complexity index is 506. The highest BCUT2D eigenvalue weighted by Gasteiger charge is 2.44. The second kappa shape index (κ2) is 5.43. The summed E-state index contributed by atoms with van der Waals surface area (Å²) in [5, 5.41) is 10.5. The third kappa shape index (κ3) is 2.83. The maximum Gasteiger partial charge on any atom is 0.343 e. The van der Waals surface area contributed by atoms with Gasteiger partial charge in [0, 0.05) is 19.3 Å². The van der Waals surface area contributed by atoms with E-state index in [-0.39, 0.29) is 6.10 Å². The Morgan fingerprint density at radius 1 is 1.24 bits per heavy atom. The standard InChI is InChI=1S/C17H24NO3/c1-17(20,14-7-3-2-4-8-14)16(19)21-15-9-12-18(13-15)10-5-6-11-18/h2-4,7-8,15,20H,5-6,9-13H2,1H3/q+1. The first kappa shape index (κ1) is 14.5. The summed E-state index contributed by atoms with van der Waals surface area (Å²) in [6.07, 6.45) is 3.42. The molecule has 0 aliphatic carbocycles. The molecule has 0 aromatic heterocycles. The van der Waals surface area contributed by atoms with Crippen molar-refractivity contribution in [3.8, 4) is 0 Å². The van der Waals surface area contributed by atoms with Gasteiger partial charge in [-0.25, -0.2) is 4.79 Å². The predicted molar refractivity (Wildman–Crippen MR) is 79.5 cm³/mol. The molecule has 21 heavy (non-hydrogen) atoms. The number of carbonyl (C=O) groups is 1. The van der Waals surface area contributed by atoms with Crippen LogP contribution in [-0.2, 0) is 15.1 Å². The molecule has 2 aliphatic heterocycles. The summed E-state index contributed by atoms with van der Waals surface area (Å²) in [6.45, 7) is 5.95. The van der Waals surface area contributed by atoms with Crippen LogP contribution in [0.1, 0.15) is 31.7 Å². The van der Waals surface area contributed by atoms with Gasteiger partial charge in [-0.2, -0.15) is 0 Å². The van der Waals surface area contributed by atoms with E-state index in [0.717, 1.165) is 24.0 Å². The molecular weight excluding hydrogens is 266 g/mol. The summed E-state index contributed by atoms with van der Waals surface area (Å²) >= 11 is 0. The van der Waals surface area contributed by atoms with Crippen molar-refractivity contribution in [1.82, 2.24) is 0 Å². The predicted octanol–water partition coefficient (Wildman–Crippen LogP) is 1.82. The fourth-order valence-corrected chi connectivity index (χ4v) is 3.69. The molecule has 1 spiro atoms. The molecule has 1 N–H and O–H groups in total. The molecule has 2 saturated heterocycles. The molecule has 4 nitrogen and oxygen atoms in total. The molecule has 0 amide bonds. The molecule has 2 heterocycles. The van der Waals surface area contributed by atoms with Crippen LogP contribution in [0.2, 0.25) is 0 Å². The van der Waals surface area contributed by atoms with Crippen LogP contribution in [0.15, 0.2) is 30.3 Å². The second-order valence-corrected chi connectivity index (χ2v) is 6.66. The van der Waals surface area contributed by atoms with E-state index in [1.54, 1.807) is 12.1 Å². The van der Waals surface area contributed by atoms with E-state index in [2.05, 4.69) is 0 Å². The number of hydrogen-bond donors (Lipinski definition) is 1. The number of hydrogen-bond acceptors (Lipinski definition) is 3. The van der Waals surface area contributed by atoms with Gasteiger partial charge >= 0.3 is 5.97 Å². The van der Waals surface area contributed by atoms with Crippen LogP contribution in [0.3, 0.4) is 0 Å². The van der Waals surface area contributed by atoms with Crippen molar-refractivity contribution in [2.75, 3.05) is 26.2 Å². The Hall–Kier alpha value is -1.39. The molecule has 1 aromatic rings. The lowest BCUT2D eigenvalue weighted by Crippen LogP contribution is -2.44. The van der Waals surface area contributed by atoms with Crippen molar-refractivity contribution in [2.24, 2.45) is 0 Å². The van der Waals surface area contributed by atoms with Crippen LogP contribution in [-0.4, -0.2) is 47.8 Å². The third-order valence-corrected chi connectivity index (χ3v) is 5.04. The number of benzene rings is 1. The number of nitrogens with zero attached hydrogens (tertiary/aromatic N) is 1. The highest BCUT2D eigenvalue weighted by Crippen LogP contribution is 2.30. The van der Waals surface area contributed by atoms with Crippen LogP contribution in [0.4, 0.5) is 0 Å². The minimum atomic E-state index is -1.57. The topological polar surface area (TPSA) is 46.5 Å². The molecule has 2 unspecified atom stereocenters. The molecule has 0 radical (unpaired) electrons.